The van der Waals surface area contributed by atoms with Gasteiger partial charge < -0.3 is 4.98 Å². The first-order valence-corrected chi connectivity index (χ1v) is 11.1. The molecular formula is C22H23FN2O2S. The lowest BCUT2D eigenvalue weighted by Crippen LogP contribution is -2.36. The van der Waals surface area contributed by atoms with E-state index < -0.39 is 10.0 Å². The Labute approximate surface area is 164 Å². The van der Waals surface area contributed by atoms with E-state index in [1.165, 1.54) is 12.1 Å². The average molecular weight is 399 g/mol. The summed E-state index contributed by atoms with van der Waals surface area (Å²) in [4.78, 5) is 3.16. The summed E-state index contributed by atoms with van der Waals surface area (Å²) in [5.74, 6) is -0.115. The normalized spacial score (nSPS) is 15.7. The summed E-state index contributed by atoms with van der Waals surface area (Å²) < 4.78 is 40.5. The van der Waals surface area contributed by atoms with E-state index in [0.29, 0.717) is 25.9 Å². The van der Waals surface area contributed by atoms with Gasteiger partial charge in [0.1, 0.15) is 5.82 Å². The molecule has 0 aliphatic carbocycles. The first-order chi connectivity index (χ1) is 13.5. The topological polar surface area (TPSA) is 53.2 Å². The molecule has 0 unspecified atom stereocenters. The number of H-pyrrole nitrogens is 1. The van der Waals surface area contributed by atoms with Crippen LogP contribution in [0.1, 0.15) is 24.0 Å². The highest BCUT2D eigenvalue weighted by Crippen LogP contribution is 2.30. The average Bonchev–Trinajstić information content (AvgIpc) is 3.12. The number of hydrogen-bond acceptors (Lipinski definition) is 2. The molecular weight excluding hydrogens is 375 g/mol. The summed E-state index contributed by atoms with van der Waals surface area (Å²) in [5, 5.41) is 0.838. The minimum atomic E-state index is -3.27. The van der Waals surface area contributed by atoms with Crippen molar-refractivity contribution in [2.24, 2.45) is 0 Å². The number of nitrogens with zero attached hydrogens (tertiary/aromatic N) is 1. The molecule has 3 aromatic rings. The molecule has 0 atom stereocenters. The summed E-state index contributed by atoms with van der Waals surface area (Å²) in [6.07, 6.45) is 5.82. The summed E-state index contributed by atoms with van der Waals surface area (Å²) >= 11 is 0. The number of aryl methyl sites for hydroxylation is 1. The fourth-order valence-corrected chi connectivity index (χ4v) is 5.18. The van der Waals surface area contributed by atoms with Gasteiger partial charge in [-0.25, -0.2) is 12.8 Å². The highest BCUT2D eigenvalue weighted by molar-refractivity contribution is 7.89. The standard InChI is InChI=1S/C22H23FN2O2S/c23-19-8-9-22-20(15-19)21(16-24-22)18-10-12-25(13-11-18)28(26,27)14-4-7-17-5-2-1-3-6-17/h1-3,5-6,8-10,15-16,24H,4,7,11-14H2. The third-order valence-corrected chi connectivity index (χ3v) is 7.19. The van der Waals surface area contributed by atoms with Crippen LogP contribution in [0.4, 0.5) is 4.39 Å². The smallest absolute Gasteiger partial charge is 0.214 e. The molecule has 4 nitrogen and oxygen atoms in total. The molecule has 0 radical (unpaired) electrons. The second-order valence-electron chi connectivity index (χ2n) is 7.13. The Morgan fingerprint density at radius 1 is 1.11 bits per heavy atom. The Balaban J connectivity index is 1.41. The van der Waals surface area contributed by atoms with Crippen molar-refractivity contribution in [1.82, 2.24) is 9.29 Å². The number of hydrogen-bond donors (Lipinski definition) is 1. The Morgan fingerprint density at radius 2 is 1.93 bits per heavy atom. The largest absolute Gasteiger partial charge is 0.361 e. The number of sulfonamides is 1. The second-order valence-corrected chi connectivity index (χ2v) is 9.22. The van der Waals surface area contributed by atoms with E-state index in [-0.39, 0.29) is 11.6 Å². The molecule has 2 heterocycles. The number of rotatable bonds is 6. The van der Waals surface area contributed by atoms with Gasteiger partial charge in [-0.1, -0.05) is 36.4 Å². The van der Waals surface area contributed by atoms with Gasteiger partial charge in [0.2, 0.25) is 10.0 Å². The lowest BCUT2D eigenvalue weighted by molar-refractivity contribution is 0.440. The van der Waals surface area contributed by atoms with Crippen LogP contribution in [0.3, 0.4) is 0 Å². The van der Waals surface area contributed by atoms with Crippen molar-refractivity contribution in [1.29, 1.82) is 0 Å². The number of benzene rings is 2. The summed E-state index contributed by atoms with van der Waals surface area (Å²) in [6.45, 7) is 0.826. The van der Waals surface area contributed by atoms with Crippen LogP contribution in [0.2, 0.25) is 0 Å². The number of aromatic nitrogens is 1. The van der Waals surface area contributed by atoms with E-state index in [9.17, 15) is 12.8 Å². The molecule has 4 rings (SSSR count). The molecule has 1 aliphatic heterocycles. The Morgan fingerprint density at radius 3 is 2.68 bits per heavy atom. The summed E-state index contributed by atoms with van der Waals surface area (Å²) in [7, 11) is -3.27. The maximum Gasteiger partial charge on any atom is 0.214 e. The van der Waals surface area contributed by atoms with Gasteiger partial charge in [-0.2, -0.15) is 4.31 Å². The monoisotopic (exact) mass is 398 g/mol. The zero-order valence-electron chi connectivity index (χ0n) is 15.6. The number of aromatic amines is 1. The molecule has 2 aromatic carbocycles. The molecule has 1 N–H and O–H groups in total. The quantitative estimate of drug-likeness (QED) is 0.671. The van der Waals surface area contributed by atoms with Crippen LogP contribution in [0.15, 0.2) is 60.8 Å². The van der Waals surface area contributed by atoms with Gasteiger partial charge in [-0.3, -0.25) is 0 Å². The van der Waals surface area contributed by atoms with E-state index in [1.54, 1.807) is 10.4 Å². The maximum absolute atomic E-state index is 13.6. The predicted molar refractivity (Wildman–Crippen MR) is 111 cm³/mol. The number of halogens is 1. The number of nitrogens with one attached hydrogen (secondary N) is 1. The van der Waals surface area contributed by atoms with Crippen molar-refractivity contribution in [2.45, 2.75) is 19.3 Å². The molecule has 146 valence electrons. The van der Waals surface area contributed by atoms with Crippen LogP contribution in [-0.2, 0) is 16.4 Å². The van der Waals surface area contributed by atoms with Gasteiger partial charge in [-0.15, -0.1) is 0 Å². The van der Waals surface area contributed by atoms with Crippen LogP contribution in [0.25, 0.3) is 16.5 Å². The Kier molecular flexibility index (Phi) is 5.33. The molecule has 1 aliphatic rings. The maximum atomic E-state index is 13.6. The second kappa shape index (κ2) is 7.89. The molecule has 0 fully saturated rings. The van der Waals surface area contributed by atoms with E-state index in [1.807, 2.05) is 42.6 Å². The van der Waals surface area contributed by atoms with Crippen molar-refractivity contribution in [3.63, 3.8) is 0 Å². The highest BCUT2D eigenvalue weighted by Gasteiger charge is 2.24. The Bertz CT molecular complexity index is 1100. The van der Waals surface area contributed by atoms with Gasteiger partial charge in [0.15, 0.2) is 0 Å². The molecule has 0 bridgehead atoms. The molecule has 0 saturated carbocycles. The van der Waals surface area contributed by atoms with Crippen molar-refractivity contribution < 1.29 is 12.8 Å². The third-order valence-electron chi connectivity index (χ3n) is 5.27. The predicted octanol–water partition coefficient (Wildman–Crippen LogP) is 4.36. The SMILES string of the molecule is O=S(=O)(CCCc1ccccc1)N1CC=C(c2c[nH]c3ccc(F)cc23)CC1. The van der Waals surface area contributed by atoms with E-state index in [2.05, 4.69) is 4.98 Å². The fraction of sp³-hybridized carbons (Fsp3) is 0.273. The minimum Gasteiger partial charge on any atom is -0.361 e. The number of fused-ring (bicyclic) bond motifs is 1. The summed E-state index contributed by atoms with van der Waals surface area (Å²) in [5.41, 5.74) is 4.06. The van der Waals surface area contributed by atoms with Crippen molar-refractivity contribution >= 4 is 26.5 Å². The highest BCUT2D eigenvalue weighted by atomic mass is 32.2. The van der Waals surface area contributed by atoms with Gasteiger partial charge in [-0.05, 0) is 48.6 Å². The van der Waals surface area contributed by atoms with Gasteiger partial charge in [0.05, 0.1) is 5.75 Å². The van der Waals surface area contributed by atoms with Crippen molar-refractivity contribution in [3.8, 4) is 0 Å². The zero-order valence-corrected chi connectivity index (χ0v) is 16.4. The fourth-order valence-electron chi connectivity index (χ4n) is 3.74. The van der Waals surface area contributed by atoms with E-state index >= 15 is 0 Å². The first kappa shape index (κ1) is 18.9. The minimum absolute atomic E-state index is 0.156. The van der Waals surface area contributed by atoms with Crippen molar-refractivity contribution in [2.75, 3.05) is 18.8 Å². The van der Waals surface area contributed by atoms with Crippen LogP contribution >= 0.6 is 0 Å². The van der Waals surface area contributed by atoms with Crippen LogP contribution < -0.4 is 0 Å². The first-order valence-electron chi connectivity index (χ1n) is 9.51. The van der Waals surface area contributed by atoms with Crippen LogP contribution in [0.5, 0.6) is 0 Å². The summed E-state index contributed by atoms with van der Waals surface area (Å²) in [6, 6.07) is 14.6. The molecule has 0 amide bonds. The molecule has 1 aromatic heterocycles. The molecule has 6 heteroatoms. The molecule has 28 heavy (non-hydrogen) atoms. The van der Waals surface area contributed by atoms with E-state index in [0.717, 1.165) is 34.0 Å². The van der Waals surface area contributed by atoms with Crippen molar-refractivity contribution in [3.05, 3.63) is 77.7 Å². The van der Waals surface area contributed by atoms with Gasteiger partial charge in [0.25, 0.3) is 0 Å². The van der Waals surface area contributed by atoms with Crippen LogP contribution in [-0.4, -0.2) is 36.5 Å². The molecule has 0 spiro atoms. The molecule has 0 saturated heterocycles. The van der Waals surface area contributed by atoms with E-state index in [4.69, 9.17) is 0 Å². The zero-order chi connectivity index (χ0) is 19.6. The lowest BCUT2D eigenvalue weighted by Gasteiger charge is -2.26. The Hall–Kier alpha value is -2.44. The lowest BCUT2D eigenvalue weighted by atomic mass is 10.00. The van der Waals surface area contributed by atoms with Gasteiger partial charge >= 0.3 is 0 Å². The third kappa shape index (κ3) is 4.03. The van der Waals surface area contributed by atoms with Gasteiger partial charge in [0, 0.05) is 35.8 Å². The van der Waals surface area contributed by atoms with Crippen LogP contribution in [0, 0.1) is 5.82 Å².